The molecule has 0 radical (unpaired) electrons. The van der Waals surface area contributed by atoms with Gasteiger partial charge in [0.15, 0.2) is 11.5 Å². The molecular weight excluding hydrogens is 468 g/mol. The third-order valence-electron chi connectivity index (χ3n) is 6.47. The highest BCUT2D eigenvalue weighted by Gasteiger charge is 2.51. The SMILES string of the molecule is CNc1c(C#Cc2ccc3cc(C4(C(=O)O)CC4)ccc3c2)nnn1C.C[C@@H](OC=O)c1ccccc1. The van der Waals surface area contributed by atoms with Gasteiger partial charge in [0, 0.05) is 19.7 Å². The fourth-order valence-electron chi connectivity index (χ4n) is 4.11. The minimum Gasteiger partial charge on any atom is -0.481 e. The summed E-state index contributed by atoms with van der Waals surface area (Å²) >= 11 is 0. The van der Waals surface area contributed by atoms with E-state index < -0.39 is 11.4 Å². The maximum Gasteiger partial charge on any atom is 0.314 e. The number of fused-ring (bicyclic) bond motifs is 1. The lowest BCUT2D eigenvalue weighted by molar-refractivity contribution is -0.140. The molecule has 1 aliphatic rings. The standard InChI is InChI=1S/C20H18N4O2.C9H10O2/c1-21-18-17(22-23-24(18)2)8-4-13-3-5-15-12-16(7-6-14(15)11-13)20(9-10-20)19(25)26;1-8(11-7-10)9-5-3-2-4-6-9/h3,5-7,11-12,21H,9-10H2,1-2H3,(H,25,26);2-8H,1H3/t;8-/m.1/s1. The summed E-state index contributed by atoms with van der Waals surface area (Å²) in [7, 11) is 3.61. The Morgan fingerprint density at radius 1 is 1.11 bits per heavy atom. The largest absolute Gasteiger partial charge is 0.481 e. The van der Waals surface area contributed by atoms with Crippen molar-refractivity contribution in [3.8, 4) is 11.8 Å². The molecule has 8 nitrogen and oxygen atoms in total. The number of carboxylic acids is 1. The average molecular weight is 497 g/mol. The Bertz CT molecular complexity index is 1480. The van der Waals surface area contributed by atoms with Gasteiger partial charge in [0.1, 0.15) is 6.10 Å². The summed E-state index contributed by atoms with van der Waals surface area (Å²) < 4.78 is 6.39. The average Bonchev–Trinajstić information content (AvgIpc) is 3.66. The summed E-state index contributed by atoms with van der Waals surface area (Å²) in [6.45, 7) is 2.31. The lowest BCUT2D eigenvalue weighted by Gasteiger charge is -2.11. The summed E-state index contributed by atoms with van der Waals surface area (Å²) in [4.78, 5) is 21.5. The molecule has 1 aromatic heterocycles. The van der Waals surface area contributed by atoms with Crippen molar-refractivity contribution in [1.29, 1.82) is 0 Å². The van der Waals surface area contributed by atoms with Crippen molar-refractivity contribution in [3.05, 3.63) is 89.1 Å². The van der Waals surface area contributed by atoms with E-state index in [2.05, 4.69) is 27.5 Å². The molecule has 1 saturated carbocycles. The Hall–Kier alpha value is -4.64. The van der Waals surface area contributed by atoms with E-state index in [9.17, 15) is 14.7 Å². The van der Waals surface area contributed by atoms with Crippen LogP contribution in [0.4, 0.5) is 5.82 Å². The van der Waals surface area contributed by atoms with Gasteiger partial charge in [-0.2, -0.15) is 0 Å². The number of carbonyl (C=O) groups is 2. The smallest absolute Gasteiger partial charge is 0.314 e. The Morgan fingerprint density at radius 2 is 1.81 bits per heavy atom. The van der Waals surface area contributed by atoms with Crippen molar-refractivity contribution in [2.24, 2.45) is 7.05 Å². The monoisotopic (exact) mass is 496 g/mol. The van der Waals surface area contributed by atoms with E-state index in [4.69, 9.17) is 4.74 Å². The fourth-order valence-corrected chi connectivity index (χ4v) is 4.11. The summed E-state index contributed by atoms with van der Waals surface area (Å²) in [6, 6.07) is 21.4. The van der Waals surface area contributed by atoms with E-state index in [-0.39, 0.29) is 6.10 Å². The zero-order valence-corrected chi connectivity index (χ0v) is 20.9. The van der Waals surface area contributed by atoms with Gasteiger partial charge in [-0.1, -0.05) is 65.7 Å². The molecule has 1 heterocycles. The molecule has 2 N–H and O–H groups in total. The van der Waals surface area contributed by atoms with Crippen LogP contribution in [0.3, 0.4) is 0 Å². The van der Waals surface area contributed by atoms with Crippen LogP contribution in [0.2, 0.25) is 0 Å². The Balaban J connectivity index is 0.000000245. The number of anilines is 1. The number of rotatable bonds is 6. The van der Waals surface area contributed by atoms with Gasteiger partial charge in [0.05, 0.1) is 5.41 Å². The lowest BCUT2D eigenvalue weighted by Crippen LogP contribution is -2.19. The molecule has 0 aliphatic heterocycles. The van der Waals surface area contributed by atoms with E-state index in [1.54, 1.807) is 18.8 Å². The number of hydrogen-bond donors (Lipinski definition) is 2. The van der Waals surface area contributed by atoms with Crippen LogP contribution < -0.4 is 5.32 Å². The number of aliphatic carboxylic acids is 1. The zero-order chi connectivity index (χ0) is 26.4. The molecule has 1 fully saturated rings. The summed E-state index contributed by atoms with van der Waals surface area (Å²) in [6.07, 6.45) is 1.28. The van der Waals surface area contributed by atoms with E-state index in [1.165, 1.54) is 0 Å². The second-order valence-electron chi connectivity index (χ2n) is 8.86. The van der Waals surface area contributed by atoms with Crippen LogP contribution in [0.5, 0.6) is 0 Å². The predicted molar refractivity (Wildman–Crippen MR) is 141 cm³/mol. The molecule has 0 bridgehead atoms. The summed E-state index contributed by atoms with van der Waals surface area (Å²) in [5.74, 6) is 6.20. The van der Waals surface area contributed by atoms with Gasteiger partial charge < -0.3 is 15.2 Å². The summed E-state index contributed by atoms with van der Waals surface area (Å²) in [5, 5.41) is 22.6. The third-order valence-corrected chi connectivity index (χ3v) is 6.47. The molecule has 0 unspecified atom stereocenters. The van der Waals surface area contributed by atoms with Gasteiger partial charge >= 0.3 is 5.97 Å². The minimum absolute atomic E-state index is 0.145. The van der Waals surface area contributed by atoms with Crippen LogP contribution in [0.15, 0.2) is 66.7 Å². The molecule has 8 heteroatoms. The number of hydrogen-bond acceptors (Lipinski definition) is 6. The normalized spacial score (nSPS) is 13.8. The number of carboxylic acid groups (broad SMARTS) is 1. The van der Waals surface area contributed by atoms with Crippen LogP contribution in [-0.2, 0) is 26.8 Å². The molecule has 4 aromatic rings. The second kappa shape index (κ2) is 11.0. The van der Waals surface area contributed by atoms with Crippen molar-refractivity contribution in [2.45, 2.75) is 31.3 Å². The highest BCUT2D eigenvalue weighted by Crippen LogP contribution is 2.48. The number of nitrogens with zero attached hydrogens (tertiary/aromatic N) is 3. The molecular formula is C29H28N4O4. The topological polar surface area (TPSA) is 106 Å². The highest BCUT2D eigenvalue weighted by molar-refractivity contribution is 5.90. The van der Waals surface area contributed by atoms with Gasteiger partial charge in [0.2, 0.25) is 0 Å². The number of ether oxygens (including phenoxy) is 1. The maximum atomic E-state index is 11.5. The highest BCUT2D eigenvalue weighted by atomic mass is 16.5. The zero-order valence-electron chi connectivity index (χ0n) is 20.9. The molecule has 3 aromatic carbocycles. The van der Waals surface area contributed by atoms with E-state index >= 15 is 0 Å². The predicted octanol–water partition coefficient (Wildman–Crippen LogP) is 4.45. The van der Waals surface area contributed by atoms with Crippen molar-refractivity contribution in [1.82, 2.24) is 15.0 Å². The summed E-state index contributed by atoms with van der Waals surface area (Å²) in [5.41, 5.74) is 2.69. The van der Waals surface area contributed by atoms with Gasteiger partial charge in [-0.3, -0.25) is 9.59 Å². The van der Waals surface area contributed by atoms with E-state index in [0.29, 0.717) is 25.0 Å². The number of nitrogens with one attached hydrogen (secondary N) is 1. The van der Waals surface area contributed by atoms with Gasteiger partial charge in [0.25, 0.3) is 6.47 Å². The molecule has 37 heavy (non-hydrogen) atoms. The molecule has 0 amide bonds. The Labute approximate surface area is 215 Å². The second-order valence-corrected chi connectivity index (χ2v) is 8.86. The quantitative estimate of drug-likeness (QED) is 0.300. The van der Waals surface area contributed by atoms with Crippen LogP contribution in [-0.4, -0.2) is 39.6 Å². The van der Waals surface area contributed by atoms with Crippen molar-refractivity contribution < 1.29 is 19.4 Å². The number of benzene rings is 3. The number of aromatic nitrogens is 3. The Morgan fingerprint density at radius 3 is 2.46 bits per heavy atom. The molecule has 5 rings (SSSR count). The van der Waals surface area contributed by atoms with Crippen LogP contribution in [0.1, 0.15) is 48.3 Å². The van der Waals surface area contributed by atoms with Crippen LogP contribution >= 0.6 is 0 Å². The first-order valence-electron chi connectivity index (χ1n) is 11.9. The lowest BCUT2D eigenvalue weighted by atomic mass is 9.93. The Kier molecular flexibility index (Phi) is 7.54. The van der Waals surface area contributed by atoms with Crippen LogP contribution in [0.25, 0.3) is 10.8 Å². The molecule has 1 atom stereocenters. The third kappa shape index (κ3) is 5.62. The fraction of sp³-hybridized carbons (Fsp3) is 0.241. The molecule has 188 valence electrons. The molecule has 0 saturated heterocycles. The molecule has 1 aliphatic carbocycles. The van der Waals surface area contributed by atoms with Crippen molar-refractivity contribution >= 4 is 29.0 Å². The first kappa shape index (κ1) is 25.5. The number of carbonyl (C=O) groups excluding carboxylic acids is 1. The van der Waals surface area contributed by atoms with Gasteiger partial charge in [-0.05, 0) is 59.7 Å². The minimum atomic E-state index is -0.733. The van der Waals surface area contributed by atoms with Gasteiger partial charge in [-0.15, -0.1) is 5.10 Å². The van der Waals surface area contributed by atoms with E-state index in [0.717, 1.165) is 33.3 Å². The van der Waals surface area contributed by atoms with E-state index in [1.807, 2.05) is 73.7 Å². The van der Waals surface area contributed by atoms with Gasteiger partial charge in [-0.25, -0.2) is 4.68 Å². The molecule has 0 spiro atoms. The van der Waals surface area contributed by atoms with Crippen molar-refractivity contribution in [3.63, 3.8) is 0 Å². The maximum absolute atomic E-state index is 11.5. The van der Waals surface area contributed by atoms with Crippen molar-refractivity contribution in [2.75, 3.05) is 12.4 Å². The first-order chi connectivity index (χ1) is 17.9. The first-order valence-corrected chi connectivity index (χ1v) is 11.9. The number of aryl methyl sites for hydroxylation is 1. The van der Waals surface area contributed by atoms with Crippen LogP contribution in [0, 0.1) is 11.8 Å².